The lowest BCUT2D eigenvalue weighted by Crippen LogP contribution is -2.25. The van der Waals surface area contributed by atoms with Gasteiger partial charge in [0.25, 0.3) is 11.8 Å². The van der Waals surface area contributed by atoms with E-state index in [1.54, 1.807) is 24.3 Å². The van der Waals surface area contributed by atoms with Crippen LogP contribution >= 0.6 is 0 Å². The van der Waals surface area contributed by atoms with Crippen LogP contribution < -0.4 is 10.6 Å². The monoisotopic (exact) mass is 355 g/mol. The highest BCUT2D eigenvalue weighted by molar-refractivity contribution is 5.95. The second kappa shape index (κ2) is 9.31. The zero-order chi connectivity index (χ0) is 18.9. The molecule has 0 bridgehead atoms. The minimum absolute atomic E-state index is 0.0387. The number of benzene rings is 1. The minimum Gasteiger partial charge on any atom is -0.477 e. The fraction of sp³-hybridized carbons (Fsp3) is 0.263. The van der Waals surface area contributed by atoms with Crippen molar-refractivity contribution in [2.45, 2.75) is 26.3 Å². The first-order valence-electron chi connectivity index (χ1n) is 8.37. The van der Waals surface area contributed by atoms with Crippen LogP contribution in [0.25, 0.3) is 0 Å². The number of amides is 2. The first-order valence-corrected chi connectivity index (χ1v) is 8.37. The zero-order valence-electron chi connectivity index (χ0n) is 14.5. The highest BCUT2D eigenvalue weighted by Gasteiger charge is 2.11. The van der Waals surface area contributed by atoms with Gasteiger partial charge in [-0.1, -0.05) is 31.5 Å². The standard InChI is InChI=1S/C19H21N3O4/c1-2-3-11-20-17(23)14-9-7-13(8-10-14)12-21-18(24)15-5-4-6-16(22-15)19(25)26/h4-10H,2-3,11-12H2,1H3,(H,20,23)(H,21,24)(H,25,26). The number of carboxylic acids is 1. The molecule has 0 aliphatic carbocycles. The van der Waals surface area contributed by atoms with Gasteiger partial charge in [-0.25, -0.2) is 9.78 Å². The molecule has 1 aromatic carbocycles. The molecule has 0 saturated carbocycles. The topological polar surface area (TPSA) is 108 Å². The van der Waals surface area contributed by atoms with E-state index in [1.165, 1.54) is 18.2 Å². The summed E-state index contributed by atoms with van der Waals surface area (Å²) in [5.41, 5.74) is 1.23. The molecule has 2 amide bonds. The van der Waals surface area contributed by atoms with Crippen LogP contribution in [0, 0.1) is 0 Å². The van der Waals surface area contributed by atoms with Gasteiger partial charge in [0.05, 0.1) is 0 Å². The van der Waals surface area contributed by atoms with Gasteiger partial charge in [-0.2, -0.15) is 0 Å². The molecule has 0 spiro atoms. The molecule has 3 N–H and O–H groups in total. The molecule has 0 fully saturated rings. The summed E-state index contributed by atoms with van der Waals surface area (Å²) in [7, 11) is 0. The Morgan fingerprint density at radius 3 is 2.31 bits per heavy atom. The molecule has 2 rings (SSSR count). The van der Waals surface area contributed by atoms with Crippen molar-refractivity contribution >= 4 is 17.8 Å². The Morgan fingerprint density at radius 1 is 0.962 bits per heavy atom. The number of rotatable bonds is 8. The Balaban J connectivity index is 1.91. The summed E-state index contributed by atoms with van der Waals surface area (Å²) in [6.07, 6.45) is 1.95. The van der Waals surface area contributed by atoms with E-state index in [-0.39, 0.29) is 23.8 Å². The summed E-state index contributed by atoms with van der Waals surface area (Å²) in [5, 5.41) is 14.4. The molecule has 1 aromatic heterocycles. The number of pyridine rings is 1. The van der Waals surface area contributed by atoms with Crippen molar-refractivity contribution in [2.24, 2.45) is 0 Å². The van der Waals surface area contributed by atoms with E-state index in [1.807, 2.05) is 0 Å². The highest BCUT2D eigenvalue weighted by atomic mass is 16.4. The smallest absolute Gasteiger partial charge is 0.354 e. The predicted octanol–water partition coefficient (Wildman–Crippen LogP) is 2.24. The Hall–Kier alpha value is -3.22. The lowest BCUT2D eigenvalue weighted by Gasteiger charge is -2.07. The first kappa shape index (κ1) is 19.1. The van der Waals surface area contributed by atoms with E-state index < -0.39 is 11.9 Å². The molecule has 0 radical (unpaired) electrons. The Kier molecular flexibility index (Phi) is 6.84. The number of nitrogens with zero attached hydrogens (tertiary/aromatic N) is 1. The van der Waals surface area contributed by atoms with Crippen LogP contribution in [0.2, 0.25) is 0 Å². The largest absolute Gasteiger partial charge is 0.477 e. The van der Waals surface area contributed by atoms with Gasteiger partial charge in [0.1, 0.15) is 11.4 Å². The van der Waals surface area contributed by atoms with Crippen LogP contribution in [-0.2, 0) is 6.54 Å². The third-order valence-corrected chi connectivity index (χ3v) is 3.69. The quantitative estimate of drug-likeness (QED) is 0.629. The van der Waals surface area contributed by atoms with E-state index in [9.17, 15) is 14.4 Å². The number of aromatic nitrogens is 1. The second-order valence-electron chi connectivity index (χ2n) is 5.70. The van der Waals surface area contributed by atoms with Crippen molar-refractivity contribution in [3.63, 3.8) is 0 Å². The number of nitrogens with one attached hydrogen (secondary N) is 2. The average Bonchev–Trinajstić information content (AvgIpc) is 2.66. The number of carboxylic acid groups (broad SMARTS) is 1. The third kappa shape index (κ3) is 5.41. The highest BCUT2D eigenvalue weighted by Crippen LogP contribution is 2.06. The number of carbonyl (C=O) groups is 3. The molecule has 136 valence electrons. The molecular formula is C19H21N3O4. The lowest BCUT2D eigenvalue weighted by atomic mass is 10.1. The van der Waals surface area contributed by atoms with Crippen LogP contribution in [0.5, 0.6) is 0 Å². The van der Waals surface area contributed by atoms with Gasteiger partial charge in [-0.15, -0.1) is 0 Å². The van der Waals surface area contributed by atoms with Gasteiger partial charge in [0.15, 0.2) is 0 Å². The Bertz CT molecular complexity index is 788. The molecule has 1 heterocycles. The van der Waals surface area contributed by atoms with Gasteiger partial charge in [-0.05, 0) is 36.2 Å². The number of aromatic carboxylic acids is 1. The van der Waals surface area contributed by atoms with Gasteiger partial charge in [-0.3, -0.25) is 9.59 Å². The van der Waals surface area contributed by atoms with E-state index >= 15 is 0 Å². The summed E-state index contributed by atoms with van der Waals surface area (Å²) in [4.78, 5) is 38.7. The fourth-order valence-electron chi connectivity index (χ4n) is 2.21. The second-order valence-corrected chi connectivity index (χ2v) is 5.70. The number of unbranched alkanes of at least 4 members (excludes halogenated alkanes) is 1. The molecule has 26 heavy (non-hydrogen) atoms. The number of hydrogen-bond acceptors (Lipinski definition) is 4. The summed E-state index contributed by atoms with van der Waals surface area (Å²) < 4.78 is 0. The SMILES string of the molecule is CCCCNC(=O)c1ccc(CNC(=O)c2cccc(C(=O)O)n2)cc1. The van der Waals surface area contributed by atoms with Crippen molar-refractivity contribution in [3.05, 3.63) is 65.0 Å². The van der Waals surface area contributed by atoms with E-state index in [2.05, 4.69) is 22.5 Å². The Labute approximate surface area is 151 Å². The fourth-order valence-corrected chi connectivity index (χ4v) is 2.21. The van der Waals surface area contributed by atoms with Gasteiger partial charge in [0, 0.05) is 18.7 Å². The molecule has 0 unspecified atom stereocenters. The molecule has 2 aromatic rings. The van der Waals surface area contributed by atoms with Crippen molar-refractivity contribution in [1.29, 1.82) is 0 Å². The lowest BCUT2D eigenvalue weighted by molar-refractivity contribution is 0.0690. The van der Waals surface area contributed by atoms with E-state index in [0.717, 1.165) is 18.4 Å². The van der Waals surface area contributed by atoms with Crippen molar-refractivity contribution < 1.29 is 19.5 Å². The van der Waals surface area contributed by atoms with Crippen molar-refractivity contribution in [2.75, 3.05) is 6.54 Å². The van der Waals surface area contributed by atoms with Crippen molar-refractivity contribution in [1.82, 2.24) is 15.6 Å². The van der Waals surface area contributed by atoms with Gasteiger partial charge >= 0.3 is 5.97 Å². The number of carbonyl (C=O) groups excluding carboxylic acids is 2. The zero-order valence-corrected chi connectivity index (χ0v) is 14.5. The molecule has 0 atom stereocenters. The Morgan fingerprint density at radius 2 is 1.65 bits per heavy atom. The molecule has 0 aliphatic heterocycles. The minimum atomic E-state index is -1.19. The summed E-state index contributed by atoms with van der Waals surface area (Å²) >= 11 is 0. The maximum Gasteiger partial charge on any atom is 0.354 e. The molecular weight excluding hydrogens is 334 g/mol. The molecule has 0 aliphatic rings. The van der Waals surface area contributed by atoms with E-state index in [4.69, 9.17) is 5.11 Å². The maximum absolute atomic E-state index is 12.1. The maximum atomic E-state index is 12.1. The third-order valence-electron chi connectivity index (χ3n) is 3.69. The van der Waals surface area contributed by atoms with Crippen molar-refractivity contribution in [3.8, 4) is 0 Å². The first-order chi connectivity index (χ1) is 12.5. The van der Waals surface area contributed by atoms with Gasteiger partial charge in [0.2, 0.25) is 0 Å². The van der Waals surface area contributed by atoms with Crippen LogP contribution in [0.4, 0.5) is 0 Å². The van der Waals surface area contributed by atoms with Crippen LogP contribution in [0.3, 0.4) is 0 Å². The van der Waals surface area contributed by atoms with Gasteiger partial charge < -0.3 is 15.7 Å². The normalized spacial score (nSPS) is 10.2. The molecule has 0 saturated heterocycles. The molecule has 7 nitrogen and oxygen atoms in total. The van der Waals surface area contributed by atoms with Crippen LogP contribution in [0.1, 0.15) is 56.7 Å². The number of hydrogen-bond donors (Lipinski definition) is 3. The summed E-state index contributed by atoms with van der Waals surface area (Å²) in [5.74, 6) is -1.77. The van der Waals surface area contributed by atoms with Crippen LogP contribution in [-0.4, -0.2) is 34.4 Å². The predicted molar refractivity (Wildman–Crippen MR) is 96.0 cm³/mol. The summed E-state index contributed by atoms with van der Waals surface area (Å²) in [6.45, 7) is 2.95. The van der Waals surface area contributed by atoms with Crippen LogP contribution in [0.15, 0.2) is 42.5 Å². The average molecular weight is 355 g/mol. The molecule has 7 heteroatoms. The van der Waals surface area contributed by atoms with E-state index in [0.29, 0.717) is 12.1 Å². The summed E-state index contributed by atoms with van der Waals surface area (Å²) in [6, 6.07) is 11.2.